The quantitative estimate of drug-likeness (QED) is 0.834. The van der Waals surface area contributed by atoms with Crippen molar-refractivity contribution in [3.63, 3.8) is 0 Å². The number of amides is 2. The van der Waals surface area contributed by atoms with Crippen molar-refractivity contribution in [2.24, 2.45) is 0 Å². The monoisotopic (exact) mass is 347 g/mol. The fourth-order valence-corrected chi connectivity index (χ4v) is 2.22. The number of ether oxygens (including phenoxy) is 1. The van der Waals surface area contributed by atoms with Crippen molar-refractivity contribution < 1.29 is 14.3 Å². The van der Waals surface area contributed by atoms with Gasteiger partial charge in [-0.25, -0.2) is 0 Å². The van der Waals surface area contributed by atoms with Gasteiger partial charge in [-0.3, -0.25) is 9.59 Å². The third kappa shape index (κ3) is 4.39. The Bertz CT molecular complexity index is 745. The van der Waals surface area contributed by atoms with E-state index in [1.807, 2.05) is 31.1 Å². The smallest absolute Gasteiger partial charge is 0.314 e. The summed E-state index contributed by atoms with van der Waals surface area (Å²) in [6, 6.07) is 11.9. The van der Waals surface area contributed by atoms with Crippen LogP contribution in [0.3, 0.4) is 0 Å². The first kappa shape index (κ1) is 17.6. The Morgan fingerprint density at radius 3 is 2.00 bits per heavy atom. The second kappa shape index (κ2) is 7.70. The first-order valence-electron chi connectivity index (χ1n) is 7.14. The van der Waals surface area contributed by atoms with Gasteiger partial charge in [0.15, 0.2) is 0 Å². The van der Waals surface area contributed by atoms with E-state index in [0.29, 0.717) is 22.1 Å². The normalized spacial score (nSPS) is 10.0. The van der Waals surface area contributed by atoms with Gasteiger partial charge in [-0.1, -0.05) is 11.6 Å². The summed E-state index contributed by atoms with van der Waals surface area (Å²) in [5.74, 6) is -1.06. The van der Waals surface area contributed by atoms with E-state index in [4.69, 9.17) is 16.3 Å². The van der Waals surface area contributed by atoms with Gasteiger partial charge in [0.25, 0.3) is 0 Å². The second-order valence-corrected chi connectivity index (χ2v) is 5.61. The number of rotatable bonds is 4. The molecule has 0 radical (unpaired) electrons. The molecule has 0 fully saturated rings. The number of anilines is 3. The van der Waals surface area contributed by atoms with Crippen LogP contribution in [0.4, 0.5) is 17.1 Å². The van der Waals surface area contributed by atoms with E-state index in [-0.39, 0.29) is 0 Å². The van der Waals surface area contributed by atoms with Crippen LogP contribution in [0.25, 0.3) is 0 Å². The Kier molecular flexibility index (Phi) is 5.65. The predicted molar refractivity (Wildman–Crippen MR) is 96.0 cm³/mol. The molecule has 0 saturated carbocycles. The molecule has 0 atom stereocenters. The molecular formula is C17H18ClN3O3. The molecule has 0 spiro atoms. The molecule has 126 valence electrons. The SMILES string of the molecule is COc1ccc(NC(=O)C(=O)Nc2ccc(N(C)C)cc2)cc1Cl. The Balaban J connectivity index is 1.99. The van der Waals surface area contributed by atoms with E-state index in [2.05, 4.69) is 10.6 Å². The molecule has 7 heteroatoms. The molecular weight excluding hydrogens is 330 g/mol. The summed E-state index contributed by atoms with van der Waals surface area (Å²) < 4.78 is 5.03. The molecule has 24 heavy (non-hydrogen) atoms. The fraction of sp³-hybridized carbons (Fsp3) is 0.176. The molecule has 2 aromatic rings. The number of carbonyl (C=O) groups excluding carboxylic acids is 2. The summed E-state index contributed by atoms with van der Waals surface area (Å²) in [4.78, 5) is 25.8. The largest absolute Gasteiger partial charge is 0.495 e. The minimum atomic E-state index is -0.784. The average molecular weight is 348 g/mol. The van der Waals surface area contributed by atoms with E-state index in [9.17, 15) is 9.59 Å². The lowest BCUT2D eigenvalue weighted by atomic mass is 10.2. The van der Waals surface area contributed by atoms with Gasteiger partial charge in [0.2, 0.25) is 0 Å². The lowest BCUT2D eigenvalue weighted by Crippen LogP contribution is -2.29. The maximum Gasteiger partial charge on any atom is 0.314 e. The fourth-order valence-electron chi connectivity index (χ4n) is 1.96. The molecule has 0 aliphatic carbocycles. The highest BCUT2D eigenvalue weighted by Crippen LogP contribution is 2.27. The summed E-state index contributed by atoms with van der Waals surface area (Å²) in [5, 5.41) is 5.37. The highest BCUT2D eigenvalue weighted by Gasteiger charge is 2.15. The molecule has 6 nitrogen and oxygen atoms in total. The van der Waals surface area contributed by atoms with Crippen LogP contribution in [0, 0.1) is 0 Å². The van der Waals surface area contributed by atoms with E-state index in [1.54, 1.807) is 24.3 Å². The Hall–Kier alpha value is -2.73. The van der Waals surface area contributed by atoms with Crippen molar-refractivity contribution in [1.82, 2.24) is 0 Å². The molecule has 2 amide bonds. The molecule has 2 N–H and O–H groups in total. The molecule has 0 unspecified atom stereocenters. The number of benzene rings is 2. The lowest BCUT2D eigenvalue weighted by Gasteiger charge is -2.13. The lowest BCUT2D eigenvalue weighted by molar-refractivity contribution is -0.132. The van der Waals surface area contributed by atoms with Gasteiger partial charge in [0, 0.05) is 31.2 Å². The Labute approximate surface area is 145 Å². The first-order valence-corrected chi connectivity index (χ1v) is 7.52. The Morgan fingerprint density at radius 2 is 1.50 bits per heavy atom. The zero-order chi connectivity index (χ0) is 17.7. The molecule has 0 aromatic heterocycles. The highest BCUT2D eigenvalue weighted by atomic mass is 35.5. The topological polar surface area (TPSA) is 70.7 Å². The van der Waals surface area contributed by atoms with Crippen molar-refractivity contribution >= 4 is 40.5 Å². The number of nitrogens with one attached hydrogen (secondary N) is 2. The summed E-state index contributed by atoms with van der Waals surface area (Å²) in [6.45, 7) is 0. The van der Waals surface area contributed by atoms with Crippen LogP contribution >= 0.6 is 11.6 Å². The number of halogens is 1. The van der Waals surface area contributed by atoms with Gasteiger partial charge in [-0.2, -0.15) is 0 Å². The van der Waals surface area contributed by atoms with Crippen molar-refractivity contribution in [2.45, 2.75) is 0 Å². The van der Waals surface area contributed by atoms with E-state index < -0.39 is 11.8 Å². The van der Waals surface area contributed by atoms with Gasteiger partial charge < -0.3 is 20.3 Å². The number of carbonyl (C=O) groups is 2. The third-order valence-electron chi connectivity index (χ3n) is 3.26. The average Bonchev–Trinajstić information content (AvgIpc) is 2.55. The molecule has 0 aliphatic heterocycles. The Morgan fingerprint density at radius 1 is 0.958 bits per heavy atom. The summed E-state index contributed by atoms with van der Waals surface area (Å²) in [5.41, 5.74) is 1.93. The molecule has 0 heterocycles. The van der Waals surface area contributed by atoms with Crippen LogP contribution in [0.15, 0.2) is 42.5 Å². The summed E-state index contributed by atoms with van der Waals surface area (Å²) >= 11 is 5.98. The van der Waals surface area contributed by atoms with Crippen LogP contribution in [-0.4, -0.2) is 33.0 Å². The van der Waals surface area contributed by atoms with Gasteiger partial charge in [-0.05, 0) is 42.5 Å². The first-order chi connectivity index (χ1) is 11.4. The van der Waals surface area contributed by atoms with Crippen molar-refractivity contribution in [1.29, 1.82) is 0 Å². The molecule has 0 aliphatic rings. The third-order valence-corrected chi connectivity index (χ3v) is 3.55. The zero-order valence-corrected chi connectivity index (χ0v) is 14.3. The van der Waals surface area contributed by atoms with E-state index in [0.717, 1.165) is 5.69 Å². The maximum absolute atomic E-state index is 12.0. The second-order valence-electron chi connectivity index (χ2n) is 5.20. The van der Waals surface area contributed by atoms with Crippen molar-refractivity contribution in [3.8, 4) is 5.75 Å². The van der Waals surface area contributed by atoms with Crippen molar-refractivity contribution in [3.05, 3.63) is 47.5 Å². The van der Waals surface area contributed by atoms with E-state index >= 15 is 0 Å². The number of hydrogen-bond acceptors (Lipinski definition) is 4. The molecule has 0 bridgehead atoms. The van der Waals surface area contributed by atoms with Crippen LogP contribution in [0.2, 0.25) is 5.02 Å². The molecule has 0 saturated heterocycles. The van der Waals surface area contributed by atoms with Crippen LogP contribution in [-0.2, 0) is 9.59 Å². The maximum atomic E-state index is 12.0. The zero-order valence-electron chi connectivity index (χ0n) is 13.6. The highest BCUT2D eigenvalue weighted by molar-refractivity contribution is 6.43. The summed E-state index contributed by atoms with van der Waals surface area (Å²) in [7, 11) is 5.33. The standard InChI is InChI=1S/C17H18ClN3O3/c1-21(2)13-7-4-11(5-8-13)19-16(22)17(23)20-12-6-9-15(24-3)14(18)10-12/h4-10H,1-3H3,(H,19,22)(H,20,23). The van der Waals surface area contributed by atoms with Crippen LogP contribution in [0.5, 0.6) is 5.75 Å². The van der Waals surface area contributed by atoms with Crippen molar-refractivity contribution in [2.75, 3.05) is 36.7 Å². The summed E-state index contributed by atoms with van der Waals surface area (Å²) in [6.07, 6.45) is 0. The number of methoxy groups -OCH3 is 1. The van der Waals surface area contributed by atoms with Gasteiger partial charge in [0.05, 0.1) is 12.1 Å². The van der Waals surface area contributed by atoms with Gasteiger partial charge in [-0.15, -0.1) is 0 Å². The number of nitrogens with zero attached hydrogens (tertiary/aromatic N) is 1. The minimum Gasteiger partial charge on any atom is -0.495 e. The van der Waals surface area contributed by atoms with Crippen LogP contribution in [0.1, 0.15) is 0 Å². The van der Waals surface area contributed by atoms with Gasteiger partial charge in [0.1, 0.15) is 5.75 Å². The van der Waals surface area contributed by atoms with Gasteiger partial charge >= 0.3 is 11.8 Å². The van der Waals surface area contributed by atoms with E-state index in [1.165, 1.54) is 13.2 Å². The molecule has 2 rings (SSSR count). The minimum absolute atomic E-state index is 0.343. The predicted octanol–water partition coefficient (Wildman–Crippen LogP) is 2.99. The number of hydrogen-bond donors (Lipinski definition) is 2. The molecule has 2 aromatic carbocycles. The van der Waals surface area contributed by atoms with Crippen LogP contribution < -0.4 is 20.3 Å².